The zero-order valence-electron chi connectivity index (χ0n) is 11.1. The van der Waals surface area contributed by atoms with Gasteiger partial charge >= 0.3 is 0 Å². The molecule has 2 N–H and O–H groups in total. The van der Waals surface area contributed by atoms with E-state index < -0.39 is 0 Å². The lowest BCUT2D eigenvalue weighted by Crippen LogP contribution is -2.43. The number of carbonyl (C=O) groups is 1. The lowest BCUT2D eigenvalue weighted by molar-refractivity contribution is -0.122. The molecule has 0 heterocycles. The zero-order valence-corrected chi connectivity index (χ0v) is 11.1. The molecule has 1 rings (SSSR count). The minimum Gasteiger partial charge on any atom is -0.355 e. The number of hydrogen-bond donors (Lipinski definition) is 2. The van der Waals surface area contributed by atoms with Crippen molar-refractivity contribution in [3.63, 3.8) is 0 Å². The second kappa shape index (κ2) is 6.40. The van der Waals surface area contributed by atoms with Crippen LogP contribution in [0, 0.1) is 6.92 Å². The molecular formula is C14H22N2O. The van der Waals surface area contributed by atoms with Gasteiger partial charge in [-0.25, -0.2) is 0 Å². The Balaban J connectivity index is 2.63. The van der Waals surface area contributed by atoms with Crippen LogP contribution in [0.2, 0.25) is 0 Å². The van der Waals surface area contributed by atoms with E-state index in [1.54, 1.807) is 0 Å². The molecule has 0 bridgehead atoms. The first kappa shape index (κ1) is 13.7. The fourth-order valence-corrected chi connectivity index (χ4v) is 1.94. The molecule has 1 aromatic rings. The van der Waals surface area contributed by atoms with Crippen molar-refractivity contribution in [2.45, 2.75) is 39.8 Å². The summed E-state index contributed by atoms with van der Waals surface area (Å²) in [5, 5.41) is 6.12. The quantitative estimate of drug-likeness (QED) is 0.820. The summed E-state index contributed by atoms with van der Waals surface area (Å²) in [5.74, 6) is 0.0490. The number of aryl methyl sites for hydroxylation is 1. The second-order valence-electron chi connectivity index (χ2n) is 4.36. The van der Waals surface area contributed by atoms with E-state index in [1.807, 2.05) is 26.0 Å². The van der Waals surface area contributed by atoms with Crippen molar-refractivity contribution in [1.82, 2.24) is 10.6 Å². The van der Waals surface area contributed by atoms with E-state index in [-0.39, 0.29) is 18.0 Å². The highest BCUT2D eigenvalue weighted by Gasteiger charge is 2.16. The highest BCUT2D eigenvalue weighted by atomic mass is 16.2. The lowest BCUT2D eigenvalue weighted by Gasteiger charge is -2.21. The van der Waals surface area contributed by atoms with Gasteiger partial charge in [0.25, 0.3) is 0 Å². The van der Waals surface area contributed by atoms with Gasteiger partial charge in [0.05, 0.1) is 6.04 Å². The minimum absolute atomic E-state index is 0.0490. The Morgan fingerprint density at radius 2 is 1.94 bits per heavy atom. The Hall–Kier alpha value is -1.35. The van der Waals surface area contributed by atoms with Crippen molar-refractivity contribution < 1.29 is 4.79 Å². The van der Waals surface area contributed by atoms with Gasteiger partial charge in [0.15, 0.2) is 0 Å². The first-order valence-electron chi connectivity index (χ1n) is 6.15. The predicted octanol–water partition coefficient (Wildman–Crippen LogP) is 2.17. The molecule has 2 unspecified atom stereocenters. The molecule has 94 valence electrons. The third-order valence-electron chi connectivity index (χ3n) is 2.90. The van der Waals surface area contributed by atoms with Crippen molar-refractivity contribution >= 4 is 5.91 Å². The van der Waals surface area contributed by atoms with Crippen LogP contribution in [-0.4, -0.2) is 18.5 Å². The number of benzene rings is 1. The molecule has 0 aliphatic carbocycles. The van der Waals surface area contributed by atoms with Crippen molar-refractivity contribution in [2.24, 2.45) is 0 Å². The normalized spacial score (nSPS) is 14.1. The van der Waals surface area contributed by atoms with E-state index >= 15 is 0 Å². The molecule has 17 heavy (non-hydrogen) atoms. The highest BCUT2D eigenvalue weighted by molar-refractivity contribution is 5.81. The third kappa shape index (κ3) is 3.86. The summed E-state index contributed by atoms with van der Waals surface area (Å²) in [4.78, 5) is 11.6. The molecule has 0 fully saturated rings. The van der Waals surface area contributed by atoms with Crippen molar-refractivity contribution in [3.05, 3.63) is 35.4 Å². The summed E-state index contributed by atoms with van der Waals surface area (Å²) in [6.07, 6.45) is 0. The number of rotatable bonds is 5. The van der Waals surface area contributed by atoms with Gasteiger partial charge in [-0.2, -0.15) is 0 Å². The summed E-state index contributed by atoms with van der Waals surface area (Å²) < 4.78 is 0. The van der Waals surface area contributed by atoms with Crippen LogP contribution in [0.5, 0.6) is 0 Å². The summed E-state index contributed by atoms with van der Waals surface area (Å²) in [5.41, 5.74) is 2.49. The Morgan fingerprint density at radius 1 is 1.29 bits per heavy atom. The van der Waals surface area contributed by atoms with Gasteiger partial charge in [0.2, 0.25) is 5.91 Å². The van der Waals surface area contributed by atoms with Crippen LogP contribution in [0.15, 0.2) is 24.3 Å². The van der Waals surface area contributed by atoms with Gasteiger partial charge in [-0.15, -0.1) is 0 Å². The zero-order chi connectivity index (χ0) is 12.8. The van der Waals surface area contributed by atoms with E-state index in [2.05, 4.69) is 36.6 Å². The number of hydrogen-bond acceptors (Lipinski definition) is 2. The van der Waals surface area contributed by atoms with Crippen LogP contribution < -0.4 is 10.6 Å². The lowest BCUT2D eigenvalue weighted by atomic mass is 10.0. The molecule has 3 nitrogen and oxygen atoms in total. The fourth-order valence-electron chi connectivity index (χ4n) is 1.94. The Labute approximate surface area is 104 Å². The summed E-state index contributed by atoms with van der Waals surface area (Å²) in [6, 6.07) is 8.23. The maximum Gasteiger partial charge on any atom is 0.236 e. The van der Waals surface area contributed by atoms with Crippen molar-refractivity contribution in [3.8, 4) is 0 Å². The molecule has 0 aliphatic rings. The highest BCUT2D eigenvalue weighted by Crippen LogP contribution is 2.17. The minimum atomic E-state index is -0.176. The molecule has 0 spiro atoms. The Bertz CT molecular complexity index is 376. The molecule has 1 aromatic carbocycles. The first-order valence-corrected chi connectivity index (χ1v) is 6.15. The summed E-state index contributed by atoms with van der Waals surface area (Å²) in [6.45, 7) is 8.65. The van der Waals surface area contributed by atoms with Gasteiger partial charge in [-0.05, 0) is 38.8 Å². The smallest absolute Gasteiger partial charge is 0.236 e. The number of likely N-dealkylation sites (N-methyl/N-ethyl adjacent to an activating group) is 1. The molecule has 0 aliphatic heterocycles. The molecule has 0 saturated carbocycles. The second-order valence-corrected chi connectivity index (χ2v) is 4.36. The van der Waals surface area contributed by atoms with E-state index in [0.717, 1.165) is 0 Å². The van der Waals surface area contributed by atoms with Crippen LogP contribution in [0.3, 0.4) is 0 Å². The largest absolute Gasteiger partial charge is 0.355 e. The predicted molar refractivity (Wildman–Crippen MR) is 70.9 cm³/mol. The average Bonchev–Trinajstić information content (AvgIpc) is 2.29. The van der Waals surface area contributed by atoms with E-state index in [9.17, 15) is 4.79 Å². The molecule has 0 aromatic heterocycles. The number of amides is 1. The van der Waals surface area contributed by atoms with E-state index in [4.69, 9.17) is 0 Å². The molecular weight excluding hydrogens is 212 g/mol. The number of carbonyl (C=O) groups excluding carboxylic acids is 1. The van der Waals surface area contributed by atoms with E-state index in [0.29, 0.717) is 6.54 Å². The summed E-state index contributed by atoms with van der Waals surface area (Å²) in [7, 11) is 0. The van der Waals surface area contributed by atoms with Gasteiger partial charge in [0.1, 0.15) is 0 Å². The monoisotopic (exact) mass is 234 g/mol. The fraction of sp³-hybridized carbons (Fsp3) is 0.500. The molecule has 3 heteroatoms. The molecule has 0 radical (unpaired) electrons. The SMILES string of the molecule is CCNC(=O)C(C)NC(C)c1ccccc1C. The molecule has 0 saturated heterocycles. The van der Waals surface area contributed by atoms with Crippen molar-refractivity contribution in [1.29, 1.82) is 0 Å². The van der Waals surface area contributed by atoms with Crippen LogP contribution in [-0.2, 0) is 4.79 Å². The number of nitrogens with one attached hydrogen (secondary N) is 2. The van der Waals surface area contributed by atoms with Gasteiger partial charge in [-0.3, -0.25) is 10.1 Å². The van der Waals surface area contributed by atoms with Crippen LogP contribution >= 0.6 is 0 Å². The van der Waals surface area contributed by atoms with Gasteiger partial charge in [-0.1, -0.05) is 24.3 Å². The standard InChI is InChI=1S/C14H22N2O/c1-5-15-14(17)12(4)16-11(3)13-9-7-6-8-10(13)2/h6-9,11-12,16H,5H2,1-4H3,(H,15,17). The Kier molecular flexibility index (Phi) is 5.16. The van der Waals surface area contributed by atoms with Crippen LogP contribution in [0.4, 0.5) is 0 Å². The van der Waals surface area contributed by atoms with Gasteiger partial charge < -0.3 is 5.32 Å². The average molecular weight is 234 g/mol. The van der Waals surface area contributed by atoms with Crippen LogP contribution in [0.25, 0.3) is 0 Å². The van der Waals surface area contributed by atoms with Gasteiger partial charge in [0, 0.05) is 12.6 Å². The first-order chi connectivity index (χ1) is 8.06. The van der Waals surface area contributed by atoms with Crippen molar-refractivity contribution in [2.75, 3.05) is 6.54 Å². The molecule has 2 atom stereocenters. The van der Waals surface area contributed by atoms with E-state index in [1.165, 1.54) is 11.1 Å². The topological polar surface area (TPSA) is 41.1 Å². The third-order valence-corrected chi connectivity index (χ3v) is 2.90. The Morgan fingerprint density at radius 3 is 2.53 bits per heavy atom. The molecule has 1 amide bonds. The maximum atomic E-state index is 11.6. The maximum absolute atomic E-state index is 11.6. The summed E-state index contributed by atoms with van der Waals surface area (Å²) >= 11 is 0. The van der Waals surface area contributed by atoms with Crippen LogP contribution in [0.1, 0.15) is 37.9 Å².